The maximum absolute atomic E-state index is 5.64. The van der Waals surface area contributed by atoms with Gasteiger partial charge < -0.3 is 15.4 Å². The normalized spacial score (nSPS) is 20.6. The molecule has 3 heterocycles. The molecule has 1 aromatic rings. The van der Waals surface area contributed by atoms with Crippen LogP contribution in [0.3, 0.4) is 0 Å². The number of aryl methyl sites for hydroxylation is 1. The van der Waals surface area contributed by atoms with Crippen molar-refractivity contribution < 1.29 is 4.74 Å². The van der Waals surface area contributed by atoms with Crippen LogP contribution in [-0.2, 0) is 18.3 Å². The van der Waals surface area contributed by atoms with Gasteiger partial charge in [0.2, 0.25) is 0 Å². The quantitative estimate of drug-likeness (QED) is 0.372. The Kier molecular flexibility index (Phi) is 8.62. The fourth-order valence-corrected chi connectivity index (χ4v) is 3.85. The Morgan fingerprint density at radius 3 is 2.62 bits per heavy atom. The summed E-state index contributed by atoms with van der Waals surface area (Å²) < 4.78 is 7.51. The van der Waals surface area contributed by atoms with Gasteiger partial charge >= 0.3 is 0 Å². The van der Waals surface area contributed by atoms with Gasteiger partial charge in [0.15, 0.2) is 5.96 Å². The van der Waals surface area contributed by atoms with Crippen LogP contribution in [0.1, 0.15) is 38.3 Å². The lowest BCUT2D eigenvalue weighted by Gasteiger charge is -2.45. The van der Waals surface area contributed by atoms with Crippen molar-refractivity contribution in [3.05, 3.63) is 18.0 Å². The second kappa shape index (κ2) is 10.5. The van der Waals surface area contributed by atoms with Crippen molar-refractivity contribution in [2.45, 2.75) is 44.7 Å². The minimum Gasteiger partial charge on any atom is -0.381 e. The topological polar surface area (TPSA) is 66.7 Å². The molecule has 0 aromatic carbocycles. The van der Waals surface area contributed by atoms with Crippen LogP contribution in [0.15, 0.2) is 17.3 Å². The summed E-state index contributed by atoms with van der Waals surface area (Å²) in [6, 6.07) is 2.01. The number of guanidine groups is 1. The van der Waals surface area contributed by atoms with Gasteiger partial charge in [-0.3, -0.25) is 9.58 Å². The molecule has 0 spiro atoms. The third kappa shape index (κ3) is 5.32. The second-order valence-electron chi connectivity index (χ2n) is 7.03. The number of hydrogen-bond acceptors (Lipinski definition) is 4. The molecule has 2 aliphatic heterocycles. The first-order valence-corrected chi connectivity index (χ1v) is 9.55. The van der Waals surface area contributed by atoms with E-state index in [9.17, 15) is 0 Å². The average Bonchev–Trinajstić information content (AvgIpc) is 3.30. The summed E-state index contributed by atoms with van der Waals surface area (Å²) in [6.07, 6.45) is 6.65. The maximum Gasteiger partial charge on any atom is 0.191 e. The molecule has 0 atom stereocenters. The number of aromatic nitrogens is 2. The third-order valence-electron chi connectivity index (χ3n) is 5.45. The Bertz CT molecular complexity index is 564. The number of rotatable bonds is 6. The molecular weight excluding hydrogens is 443 g/mol. The molecule has 0 aliphatic carbocycles. The first-order chi connectivity index (χ1) is 12.2. The molecule has 2 aliphatic rings. The van der Waals surface area contributed by atoms with Gasteiger partial charge in [-0.2, -0.15) is 5.10 Å². The van der Waals surface area contributed by atoms with E-state index in [1.54, 1.807) is 0 Å². The zero-order valence-electron chi connectivity index (χ0n) is 16.0. The Hall–Kier alpha value is -0.870. The van der Waals surface area contributed by atoms with Crippen LogP contribution in [0.5, 0.6) is 0 Å². The highest BCUT2D eigenvalue weighted by Crippen LogP contribution is 2.30. The molecular formula is C18H33IN6O. The first kappa shape index (κ1) is 21.4. The van der Waals surface area contributed by atoms with E-state index in [0.717, 1.165) is 50.8 Å². The van der Waals surface area contributed by atoms with Crippen LogP contribution in [0.4, 0.5) is 0 Å². The molecule has 2 saturated heterocycles. The van der Waals surface area contributed by atoms with Crippen LogP contribution in [0, 0.1) is 0 Å². The lowest BCUT2D eigenvalue weighted by atomic mass is 9.88. The molecule has 0 amide bonds. The fourth-order valence-electron chi connectivity index (χ4n) is 3.85. The highest BCUT2D eigenvalue weighted by molar-refractivity contribution is 14.0. The summed E-state index contributed by atoms with van der Waals surface area (Å²) in [5.74, 6) is 0.883. The SMILES string of the molecule is CCNC(=NCc1ccnn1C)NCC1(N2CCCC2)CCOCC1.I. The van der Waals surface area contributed by atoms with Crippen molar-refractivity contribution in [2.75, 3.05) is 39.4 Å². The molecule has 7 nitrogen and oxygen atoms in total. The molecule has 2 fully saturated rings. The van der Waals surface area contributed by atoms with Crippen LogP contribution in [-0.4, -0.2) is 65.6 Å². The van der Waals surface area contributed by atoms with E-state index in [1.807, 2.05) is 24.0 Å². The standard InChI is InChI=1S/C18H32N6O.HI/c1-3-19-17(20-14-16-6-9-22-23(16)2)21-15-18(7-12-25-13-8-18)24-10-4-5-11-24;/h6,9H,3-5,7-8,10-15H2,1-2H3,(H2,19,20,21);1H. The lowest BCUT2D eigenvalue weighted by Crippen LogP contribution is -2.58. The van der Waals surface area contributed by atoms with E-state index in [-0.39, 0.29) is 29.5 Å². The van der Waals surface area contributed by atoms with Gasteiger partial charge in [0.05, 0.1) is 12.2 Å². The minimum absolute atomic E-state index is 0. The van der Waals surface area contributed by atoms with Crippen molar-refractivity contribution in [1.29, 1.82) is 0 Å². The molecule has 0 radical (unpaired) electrons. The van der Waals surface area contributed by atoms with E-state index in [0.29, 0.717) is 6.54 Å². The zero-order chi connectivity index (χ0) is 17.5. The van der Waals surface area contributed by atoms with E-state index in [4.69, 9.17) is 9.73 Å². The van der Waals surface area contributed by atoms with Gasteiger partial charge in [-0.25, -0.2) is 4.99 Å². The van der Waals surface area contributed by atoms with Crippen LogP contribution in [0.2, 0.25) is 0 Å². The summed E-state index contributed by atoms with van der Waals surface area (Å²) >= 11 is 0. The second-order valence-corrected chi connectivity index (χ2v) is 7.03. The zero-order valence-corrected chi connectivity index (χ0v) is 18.4. The first-order valence-electron chi connectivity index (χ1n) is 9.55. The largest absolute Gasteiger partial charge is 0.381 e. The number of nitrogens with one attached hydrogen (secondary N) is 2. The molecule has 26 heavy (non-hydrogen) atoms. The summed E-state index contributed by atoms with van der Waals surface area (Å²) in [5, 5.41) is 11.2. The van der Waals surface area contributed by atoms with Crippen molar-refractivity contribution >= 4 is 29.9 Å². The van der Waals surface area contributed by atoms with Gasteiger partial charge in [-0.1, -0.05) is 0 Å². The number of ether oxygens (including phenoxy) is 1. The van der Waals surface area contributed by atoms with Crippen molar-refractivity contribution in [3.63, 3.8) is 0 Å². The van der Waals surface area contributed by atoms with Crippen molar-refractivity contribution in [3.8, 4) is 0 Å². The van der Waals surface area contributed by atoms with Crippen molar-refractivity contribution in [2.24, 2.45) is 12.0 Å². The van der Waals surface area contributed by atoms with E-state index in [2.05, 4.69) is 27.6 Å². The van der Waals surface area contributed by atoms with Gasteiger partial charge in [0.25, 0.3) is 0 Å². The summed E-state index contributed by atoms with van der Waals surface area (Å²) in [5.41, 5.74) is 1.31. The number of likely N-dealkylation sites (tertiary alicyclic amines) is 1. The number of nitrogens with zero attached hydrogens (tertiary/aromatic N) is 4. The predicted octanol–water partition coefficient (Wildman–Crippen LogP) is 1.74. The molecule has 1 aromatic heterocycles. The minimum atomic E-state index is 0. The summed E-state index contributed by atoms with van der Waals surface area (Å²) in [4.78, 5) is 7.42. The fraction of sp³-hybridized carbons (Fsp3) is 0.778. The molecule has 3 rings (SSSR count). The molecule has 8 heteroatoms. The van der Waals surface area contributed by atoms with E-state index < -0.39 is 0 Å². The predicted molar refractivity (Wildman–Crippen MR) is 115 cm³/mol. The highest BCUT2D eigenvalue weighted by atomic mass is 127. The smallest absolute Gasteiger partial charge is 0.191 e. The monoisotopic (exact) mass is 476 g/mol. The van der Waals surface area contributed by atoms with Crippen LogP contribution in [0.25, 0.3) is 0 Å². The summed E-state index contributed by atoms with van der Waals surface area (Å²) in [7, 11) is 1.95. The van der Waals surface area contributed by atoms with Crippen LogP contribution >= 0.6 is 24.0 Å². The molecule has 148 valence electrons. The van der Waals surface area contributed by atoms with Crippen molar-refractivity contribution in [1.82, 2.24) is 25.3 Å². The molecule has 0 unspecified atom stereocenters. The Balaban J connectivity index is 0.00000243. The third-order valence-corrected chi connectivity index (χ3v) is 5.45. The molecule has 2 N–H and O–H groups in total. The summed E-state index contributed by atoms with van der Waals surface area (Å²) in [6.45, 7) is 8.67. The molecule has 0 saturated carbocycles. The van der Waals surface area contributed by atoms with Crippen LogP contribution < -0.4 is 10.6 Å². The Morgan fingerprint density at radius 1 is 1.27 bits per heavy atom. The molecule has 0 bridgehead atoms. The number of halogens is 1. The van der Waals surface area contributed by atoms with E-state index >= 15 is 0 Å². The average molecular weight is 476 g/mol. The highest BCUT2D eigenvalue weighted by Gasteiger charge is 2.39. The van der Waals surface area contributed by atoms with E-state index in [1.165, 1.54) is 25.9 Å². The lowest BCUT2D eigenvalue weighted by molar-refractivity contribution is -0.0164. The van der Waals surface area contributed by atoms with Gasteiger partial charge in [-0.05, 0) is 51.8 Å². The number of aliphatic imine (C=N–C) groups is 1. The Morgan fingerprint density at radius 2 is 2.00 bits per heavy atom. The Labute approximate surface area is 174 Å². The van der Waals surface area contributed by atoms with Gasteiger partial charge in [0, 0.05) is 45.1 Å². The number of hydrogen-bond donors (Lipinski definition) is 2. The maximum atomic E-state index is 5.64. The van der Waals surface area contributed by atoms with Gasteiger partial charge in [-0.15, -0.1) is 24.0 Å². The van der Waals surface area contributed by atoms with Gasteiger partial charge in [0.1, 0.15) is 0 Å².